The van der Waals surface area contributed by atoms with Gasteiger partial charge in [-0.1, -0.05) is 35.9 Å². The van der Waals surface area contributed by atoms with Crippen LogP contribution >= 0.6 is 12.2 Å². The van der Waals surface area contributed by atoms with Gasteiger partial charge in [0.25, 0.3) is 0 Å². The Hall–Kier alpha value is -2.93. The van der Waals surface area contributed by atoms with Gasteiger partial charge in [0.05, 0.1) is 13.7 Å². The Kier molecular flexibility index (Phi) is 5.25. The lowest BCUT2D eigenvalue weighted by Crippen LogP contribution is -2.20. The van der Waals surface area contributed by atoms with E-state index in [1.54, 1.807) is 18.1 Å². The second kappa shape index (κ2) is 7.76. The third-order valence-corrected chi connectivity index (χ3v) is 3.72. The van der Waals surface area contributed by atoms with Crippen molar-refractivity contribution >= 4 is 29.0 Å². The zero-order chi connectivity index (χ0) is 17.6. The molecule has 1 aromatic heterocycles. The maximum Gasteiger partial charge on any atom is 0.248 e. The zero-order valence-electron chi connectivity index (χ0n) is 14.1. The predicted octanol–water partition coefficient (Wildman–Crippen LogP) is 3.45. The summed E-state index contributed by atoms with van der Waals surface area (Å²) in [6.45, 7) is 2.73. The summed E-state index contributed by atoms with van der Waals surface area (Å²) < 4.78 is 6.96. The molecule has 3 aromatic rings. The lowest BCUT2D eigenvalue weighted by atomic mass is 10.1. The van der Waals surface area contributed by atoms with Crippen molar-refractivity contribution in [2.75, 3.05) is 17.7 Å². The fraction of sp³-hybridized carbons (Fsp3) is 0.167. The number of thiocarbonyl (C=S) groups is 1. The Morgan fingerprint density at radius 3 is 2.80 bits per heavy atom. The van der Waals surface area contributed by atoms with Gasteiger partial charge in [0.15, 0.2) is 5.11 Å². The van der Waals surface area contributed by atoms with Crippen LogP contribution in [0.1, 0.15) is 11.1 Å². The van der Waals surface area contributed by atoms with Gasteiger partial charge in [0, 0.05) is 11.8 Å². The molecule has 0 aliphatic carbocycles. The van der Waals surface area contributed by atoms with E-state index in [2.05, 4.69) is 45.8 Å². The van der Waals surface area contributed by atoms with Crippen LogP contribution in [0.5, 0.6) is 5.75 Å². The van der Waals surface area contributed by atoms with Crippen LogP contribution < -0.4 is 15.4 Å². The monoisotopic (exact) mass is 353 g/mol. The predicted molar refractivity (Wildman–Crippen MR) is 103 cm³/mol. The number of ether oxygens (including phenoxy) is 1. The minimum Gasteiger partial charge on any atom is -0.497 e. The summed E-state index contributed by atoms with van der Waals surface area (Å²) >= 11 is 5.30. The third kappa shape index (κ3) is 4.77. The Bertz CT molecular complexity index is 877. The zero-order valence-corrected chi connectivity index (χ0v) is 14.9. The highest BCUT2D eigenvalue weighted by Gasteiger charge is 2.05. The summed E-state index contributed by atoms with van der Waals surface area (Å²) in [5, 5.41) is 10.9. The van der Waals surface area contributed by atoms with Crippen molar-refractivity contribution in [3.05, 3.63) is 66.0 Å². The molecule has 0 spiro atoms. The van der Waals surface area contributed by atoms with Crippen molar-refractivity contribution in [2.45, 2.75) is 13.5 Å². The number of methoxy groups -OCH3 is 1. The van der Waals surface area contributed by atoms with E-state index in [4.69, 9.17) is 17.0 Å². The van der Waals surface area contributed by atoms with Crippen LogP contribution in [-0.4, -0.2) is 27.0 Å². The number of aryl methyl sites for hydroxylation is 1. The summed E-state index contributed by atoms with van der Waals surface area (Å²) in [7, 11) is 1.63. The van der Waals surface area contributed by atoms with E-state index in [-0.39, 0.29) is 0 Å². The average Bonchev–Trinajstić information content (AvgIpc) is 3.01. The van der Waals surface area contributed by atoms with Gasteiger partial charge in [0.1, 0.15) is 12.1 Å². The van der Waals surface area contributed by atoms with Gasteiger partial charge < -0.3 is 10.1 Å². The fourth-order valence-electron chi connectivity index (χ4n) is 2.39. The third-order valence-electron chi connectivity index (χ3n) is 3.52. The second-order valence-corrected chi connectivity index (χ2v) is 5.97. The van der Waals surface area contributed by atoms with Crippen LogP contribution in [0.3, 0.4) is 0 Å². The first kappa shape index (κ1) is 16.9. The van der Waals surface area contributed by atoms with Gasteiger partial charge in [-0.3, -0.25) is 5.32 Å². The van der Waals surface area contributed by atoms with Gasteiger partial charge >= 0.3 is 0 Å². The SMILES string of the molecule is COc1cccc(NC(=S)Nc2ncn(Cc3cccc(C)c3)n2)c1. The first-order valence-corrected chi connectivity index (χ1v) is 8.20. The molecule has 0 unspecified atom stereocenters. The lowest BCUT2D eigenvalue weighted by Gasteiger charge is -2.09. The average molecular weight is 353 g/mol. The van der Waals surface area contributed by atoms with E-state index in [9.17, 15) is 0 Å². The summed E-state index contributed by atoms with van der Waals surface area (Å²) in [6, 6.07) is 15.8. The largest absolute Gasteiger partial charge is 0.497 e. The van der Waals surface area contributed by atoms with Crippen LogP contribution in [0.4, 0.5) is 11.6 Å². The molecule has 6 nitrogen and oxygen atoms in total. The first-order chi connectivity index (χ1) is 12.1. The summed E-state index contributed by atoms with van der Waals surface area (Å²) in [4.78, 5) is 4.24. The van der Waals surface area contributed by atoms with E-state index >= 15 is 0 Å². The minimum atomic E-state index is 0.418. The van der Waals surface area contributed by atoms with Crippen molar-refractivity contribution < 1.29 is 4.74 Å². The van der Waals surface area contributed by atoms with E-state index in [1.165, 1.54) is 11.1 Å². The molecule has 1 heterocycles. The Labute approximate surface area is 151 Å². The maximum atomic E-state index is 5.30. The second-order valence-electron chi connectivity index (χ2n) is 5.57. The molecule has 0 saturated heterocycles. The standard InChI is InChI=1S/C18H19N5OS/c1-13-5-3-6-14(9-13)11-23-12-19-17(22-23)21-18(25)20-15-7-4-8-16(10-15)24-2/h3-10,12H,11H2,1-2H3,(H2,20,21,22,25). The Balaban J connectivity index is 1.59. The molecule has 0 aliphatic rings. The molecule has 2 N–H and O–H groups in total. The molecular weight excluding hydrogens is 334 g/mol. The molecule has 0 aliphatic heterocycles. The highest BCUT2D eigenvalue weighted by Crippen LogP contribution is 2.16. The number of anilines is 2. The number of rotatable bonds is 5. The van der Waals surface area contributed by atoms with E-state index < -0.39 is 0 Å². The van der Waals surface area contributed by atoms with Crippen LogP contribution in [0.2, 0.25) is 0 Å². The van der Waals surface area contributed by atoms with Crippen molar-refractivity contribution in [1.82, 2.24) is 14.8 Å². The molecule has 0 saturated carbocycles. The van der Waals surface area contributed by atoms with Crippen molar-refractivity contribution in [1.29, 1.82) is 0 Å². The molecular formula is C18H19N5OS. The molecule has 0 radical (unpaired) electrons. The van der Waals surface area contributed by atoms with Gasteiger partial charge in [0.2, 0.25) is 5.95 Å². The number of hydrogen-bond acceptors (Lipinski definition) is 4. The van der Waals surface area contributed by atoms with Crippen molar-refractivity contribution in [3.8, 4) is 5.75 Å². The fourth-order valence-corrected chi connectivity index (χ4v) is 2.60. The summed E-state index contributed by atoms with van der Waals surface area (Å²) in [5.74, 6) is 1.21. The number of nitrogens with one attached hydrogen (secondary N) is 2. The number of nitrogens with zero attached hydrogens (tertiary/aromatic N) is 3. The Morgan fingerprint density at radius 1 is 1.16 bits per heavy atom. The van der Waals surface area contributed by atoms with E-state index in [1.807, 2.05) is 30.3 Å². The summed E-state index contributed by atoms with van der Waals surface area (Å²) in [5.41, 5.74) is 3.23. The van der Waals surface area contributed by atoms with E-state index in [0.29, 0.717) is 17.6 Å². The number of hydrogen-bond donors (Lipinski definition) is 2. The first-order valence-electron chi connectivity index (χ1n) is 7.79. The topological polar surface area (TPSA) is 64.0 Å². The van der Waals surface area contributed by atoms with Gasteiger partial charge in [-0.2, -0.15) is 0 Å². The van der Waals surface area contributed by atoms with Crippen molar-refractivity contribution in [3.63, 3.8) is 0 Å². The van der Waals surface area contributed by atoms with Gasteiger partial charge in [-0.15, -0.1) is 5.10 Å². The molecule has 3 rings (SSSR count). The highest BCUT2D eigenvalue weighted by molar-refractivity contribution is 7.80. The van der Waals surface area contributed by atoms with Gasteiger partial charge in [-0.25, -0.2) is 9.67 Å². The molecule has 0 atom stereocenters. The molecule has 0 bridgehead atoms. The lowest BCUT2D eigenvalue weighted by molar-refractivity contribution is 0.415. The summed E-state index contributed by atoms with van der Waals surface area (Å²) in [6.07, 6.45) is 1.68. The van der Waals surface area contributed by atoms with Gasteiger partial charge in [-0.05, 0) is 36.8 Å². The van der Waals surface area contributed by atoms with Crippen LogP contribution in [0, 0.1) is 6.92 Å². The minimum absolute atomic E-state index is 0.418. The Morgan fingerprint density at radius 2 is 2.00 bits per heavy atom. The van der Waals surface area contributed by atoms with Crippen LogP contribution in [0.25, 0.3) is 0 Å². The van der Waals surface area contributed by atoms with Crippen LogP contribution in [0.15, 0.2) is 54.9 Å². The molecule has 0 amide bonds. The van der Waals surface area contributed by atoms with E-state index in [0.717, 1.165) is 11.4 Å². The number of benzene rings is 2. The number of aromatic nitrogens is 3. The van der Waals surface area contributed by atoms with Crippen molar-refractivity contribution in [2.24, 2.45) is 0 Å². The molecule has 0 fully saturated rings. The quantitative estimate of drug-likeness (QED) is 0.685. The molecule has 128 valence electrons. The molecule has 2 aromatic carbocycles. The normalized spacial score (nSPS) is 10.3. The smallest absolute Gasteiger partial charge is 0.248 e. The highest BCUT2D eigenvalue weighted by atomic mass is 32.1. The molecule has 7 heteroatoms. The van der Waals surface area contributed by atoms with Crippen LogP contribution in [-0.2, 0) is 6.54 Å². The molecule has 25 heavy (non-hydrogen) atoms. The maximum absolute atomic E-state index is 5.30.